The van der Waals surface area contributed by atoms with Gasteiger partial charge in [0.25, 0.3) is 0 Å². The van der Waals surface area contributed by atoms with E-state index in [-0.39, 0.29) is 23.7 Å². The minimum absolute atomic E-state index is 0.0806. The molecule has 12 N–H and O–H groups in total. The summed E-state index contributed by atoms with van der Waals surface area (Å²) in [4.78, 5) is 0. The third-order valence-electron chi connectivity index (χ3n) is 19.1. The average molecular weight is 931 g/mol. The van der Waals surface area contributed by atoms with Crippen molar-refractivity contribution in [3.8, 4) is 0 Å². The second-order valence-electron chi connectivity index (χ2n) is 23.2. The Morgan fingerprint density at radius 3 is 1.94 bits per heavy atom. The second-order valence-corrected chi connectivity index (χ2v) is 23.2. The van der Waals surface area contributed by atoms with Gasteiger partial charge in [0.15, 0.2) is 12.6 Å². The minimum Gasteiger partial charge on any atom is -0.394 e. The monoisotopic (exact) mass is 931 g/mol. The van der Waals surface area contributed by atoms with Gasteiger partial charge in [-0.2, -0.15) is 0 Å². The van der Waals surface area contributed by atoms with Gasteiger partial charge in [-0.15, -0.1) is 0 Å². The van der Waals surface area contributed by atoms with E-state index in [1.54, 1.807) is 0 Å². The normalized spacial score (nSPS) is 54.2. The van der Waals surface area contributed by atoms with Gasteiger partial charge in [-0.1, -0.05) is 53.2 Å². The highest BCUT2D eigenvalue weighted by atomic mass is 16.8. The Kier molecular flexibility index (Phi) is 14.9. The summed E-state index contributed by atoms with van der Waals surface area (Å²) in [6.07, 6.45) is -17.4. The van der Waals surface area contributed by atoms with Crippen LogP contribution in [0.15, 0.2) is 11.6 Å². The van der Waals surface area contributed by atoms with Crippen molar-refractivity contribution in [1.82, 2.24) is 0 Å². The Morgan fingerprint density at radius 2 is 1.31 bits per heavy atom. The first-order chi connectivity index (χ1) is 30.2. The molecule has 3 aliphatic heterocycles. The zero-order chi connectivity index (χ0) is 48.1. The van der Waals surface area contributed by atoms with Crippen LogP contribution in [-0.2, 0) is 23.7 Å². The molecule has 65 heavy (non-hydrogen) atoms. The summed E-state index contributed by atoms with van der Waals surface area (Å²) >= 11 is 0. The molecule has 0 aromatic rings. The number of ether oxygens (including phenoxy) is 5. The number of fused-ring (bicyclic) bond motifs is 5. The van der Waals surface area contributed by atoms with Crippen molar-refractivity contribution >= 4 is 0 Å². The molecule has 17 heteroatoms. The lowest BCUT2D eigenvalue weighted by Crippen LogP contribution is -2.71. The molecule has 376 valence electrons. The summed E-state index contributed by atoms with van der Waals surface area (Å²) in [7, 11) is 0. The van der Waals surface area contributed by atoms with E-state index in [0.717, 1.165) is 5.57 Å². The third-order valence-corrected chi connectivity index (χ3v) is 19.1. The Hall–Kier alpha value is -0.940. The van der Waals surface area contributed by atoms with Gasteiger partial charge in [-0.3, -0.25) is 0 Å². The fourth-order valence-electron chi connectivity index (χ4n) is 15.4. The molecule has 7 rings (SSSR count). The van der Waals surface area contributed by atoms with E-state index >= 15 is 0 Å². The van der Waals surface area contributed by atoms with Crippen molar-refractivity contribution in [3.05, 3.63) is 11.6 Å². The van der Waals surface area contributed by atoms with Crippen LogP contribution in [0, 0.1) is 50.7 Å². The van der Waals surface area contributed by atoms with Crippen LogP contribution in [0.4, 0.5) is 0 Å². The maximum absolute atomic E-state index is 12.8. The minimum atomic E-state index is -1.75. The van der Waals surface area contributed by atoms with E-state index in [9.17, 15) is 61.3 Å². The van der Waals surface area contributed by atoms with E-state index < -0.39 is 151 Å². The summed E-state index contributed by atoms with van der Waals surface area (Å²) in [5, 5.41) is 134. The molecule has 0 unspecified atom stereocenters. The zero-order valence-corrected chi connectivity index (χ0v) is 39.8. The zero-order valence-electron chi connectivity index (χ0n) is 39.8. The number of hydrogen-bond donors (Lipinski definition) is 12. The molecule has 0 amide bonds. The molecular formula is C48H82O17. The summed E-state index contributed by atoms with van der Waals surface area (Å²) in [6, 6.07) is 0. The highest BCUT2D eigenvalue weighted by Gasteiger charge is 2.74. The quantitative estimate of drug-likeness (QED) is 0.0977. The lowest BCUT2D eigenvalue weighted by Gasteiger charge is -2.72. The van der Waals surface area contributed by atoms with Crippen LogP contribution >= 0.6 is 0 Å². The van der Waals surface area contributed by atoms with E-state index in [2.05, 4.69) is 26.8 Å². The predicted molar refractivity (Wildman–Crippen MR) is 232 cm³/mol. The lowest BCUT2D eigenvalue weighted by atomic mass is 9.34. The van der Waals surface area contributed by atoms with Gasteiger partial charge >= 0.3 is 0 Å². The predicted octanol–water partition coefficient (Wildman–Crippen LogP) is 0.245. The molecule has 0 radical (unpaired) electrons. The Bertz CT molecular complexity index is 1680. The van der Waals surface area contributed by atoms with Crippen molar-refractivity contribution < 1.29 is 85.0 Å². The molecule has 3 heterocycles. The Morgan fingerprint density at radius 1 is 0.692 bits per heavy atom. The van der Waals surface area contributed by atoms with Crippen molar-refractivity contribution in [3.63, 3.8) is 0 Å². The lowest BCUT2D eigenvalue weighted by molar-refractivity contribution is -0.382. The van der Waals surface area contributed by atoms with Gasteiger partial charge in [-0.05, 0) is 123 Å². The summed E-state index contributed by atoms with van der Waals surface area (Å²) < 4.78 is 31.7. The molecule has 4 saturated carbocycles. The summed E-state index contributed by atoms with van der Waals surface area (Å²) in [6.45, 7) is 17.0. The van der Waals surface area contributed by atoms with Gasteiger partial charge in [0.05, 0.1) is 43.7 Å². The average Bonchev–Trinajstić information content (AvgIpc) is 3.63. The summed E-state index contributed by atoms with van der Waals surface area (Å²) in [5.41, 5.74) is -2.20. The fourth-order valence-corrected chi connectivity index (χ4v) is 15.4. The molecule has 17 nitrogen and oxygen atoms in total. The smallest absolute Gasteiger partial charge is 0.187 e. The largest absolute Gasteiger partial charge is 0.394 e. The molecule has 26 atom stereocenters. The molecule has 0 aromatic heterocycles. The van der Waals surface area contributed by atoms with Gasteiger partial charge in [-0.25, -0.2) is 0 Å². The molecule has 0 bridgehead atoms. The number of allylic oxidation sites excluding steroid dienone is 2. The maximum Gasteiger partial charge on any atom is 0.187 e. The standard InChI is InChI=1S/C48H82O17/c1-21(2)11-10-14-45(6,41-37(59)35(57)32(54)26(19-49)62-41)23-12-16-47(8)30(23)24(51)17-28-46(7)15-13-29(52)44(4,5)40(46)25(18-48(28,47)9)63-43-39(36(58)33(55)27(20-50)64-43)65-42-38(60)34(56)31(53)22(3)61-42/h11,22-43,49-60H,10,12-20H2,1-9H3/t22-,23-,24+,25-,26+,27+,28+,29-,30-,31-,32+,33+,34+,35-,36-,37+,38+,39+,40-,41-,42+,43+,45-,46+,47+,48+/m0/s1. The Balaban J connectivity index is 1.29. The highest BCUT2D eigenvalue weighted by molar-refractivity contribution is 5.22. The number of rotatable bonds is 11. The number of hydrogen-bond acceptors (Lipinski definition) is 17. The van der Waals surface area contributed by atoms with Crippen LogP contribution in [0.5, 0.6) is 0 Å². The van der Waals surface area contributed by atoms with Gasteiger partial charge < -0.3 is 85.0 Å². The highest BCUT2D eigenvalue weighted by Crippen LogP contribution is 2.77. The molecular weight excluding hydrogens is 849 g/mol. The Labute approximate surface area is 383 Å². The van der Waals surface area contributed by atoms with Crippen molar-refractivity contribution in [2.24, 2.45) is 50.7 Å². The van der Waals surface area contributed by atoms with Gasteiger partial charge in [0.1, 0.15) is 67.1 Å². The van der Waals surface area contributed by atoms with E-state index in [4.69, 9.17) is 23.7 Å². The molecule has 7 fully saturated rings. The van der Waals surface area contributed by atoms with Crippen LogP contribution in [-0.4, -0.2) is 185 Å². The molecule has 4 aliphatic carbocycles. The van der Waals surface area contributed by atoms with Crippen LogP contribution < -0.4 is 0 Å². The van der Waals surface area contributed by atoms with Crippen molar-refractivity contribution in [1.29, 1.82) is 0 Å². The van der Waals surface area contributed by atoms with Crippen LogP contribution in [0.3, 0.4) is 0 Å². The van der Waals surface area contributed by atoms with Crippen LogP contribution in [0.25, 0.3) is 0 Å². The first-order valence-corrected chi connectivity index (χ1v) is 24.2. The maximum atomic E-state index is 12.8. The van der Waals surface area contributed by atoms with Crippen molar-refractivity contribution in [2.75, 3.05) is 13.2 Å². The van der Waals surface area contributed by atoms with Crippen LogP contribution in [0.1, 0.15) is 114 Å². The van der Waals surface area contributed by atoms with E-state index in [1.165, 1.54) is 6.92 Å². The third kappa shape index (κ3) is 8.32. The van der Waals surface area contributed by atoms with Gasteiger partial charge in [0, 0.05) is 0 Å². The summed E-state index contributed by atoms with van der Waals surface area (Å²) in [5.74, 6) is -1.04. The molecule has 7 aliphatic rings. The number of aliphatic hydroxyl groups excluding tert-OH is 12. The molecule has 3 saturated heterocycles. The van der Waals surface area contributed by atoms with Crippen LogP contribution in [0.2, 0.25) is 0 Å². The fraction of sp³-hybridized carbons (Fsp3) is 0.958. The van der Waals surface area contributed by atoms with Crippen molar-refractivity contribution in [2.45, 2.75) is 224 Å². The number of aliphatic hydroxyl groups is 12. The topological polar surface area (TPSA) is 289 Å². The van der Waals surface area contributed by atoms with E-state index in [0.29, 0.717) is 51.4 Å². The SMILES string of the molecule is CC(C)=CCC[C@@](C)([C@H]1CC[C@]2(C)[C@@H]1[C@H](O)C[C@@H]1[C@@]3(C)CC[C@H](O)C(C)(C)[C@@H]3[C@@H](O[C@@H]3O[C@H](CO)[C@@H](O)[C@H](O)[C@H]3O[C@H]3O[C@@H](C)[C@H](O)[C@@H](O)[C@H]3O)C[C@]12C)[C@H]1O[C@H](CO)[C@@H](O)[C@H](O)[C@H]1O. The first-order valence-electron chi connectivity index (χ1n) is 24.2. The molecule has 0 spiro atoms. The molecule has 0 aromatic carbocycles. The van der Waals surface area contributed by atoms with E-state index in [1.807, 2.05) is 34.6 Å². The first kappa shape index (κ1) is 51.9. The second kappa shape index (κ2) is 18.7. The van der Waals surface area contributed by atoms with Gasteiger partial charge in [0.2, 0.25) is 0 Å².